The van der Waals surface area contributed by atoms with Crippen LogP contribution in [0.25, 0.3) is 0 Å². The predicted octanol–water partition coefficient (Wildman–Crippen LogP) is 2.27. The van der Waals surface area contributed by atoms with E-state index >= 15 is 0 Å². The molecular formula is C9H12N4OS2. The van der Waals surface area contributed by atoms with Crippen molar-refractivity contribution >= 4 is 28.2 Å². The van der Waals surface area contributed by atoms with Gasteiger partial charge in [-0.05, 0) is 6.92 Å². The van der Waals surface area contributed by atoms with Crippen LogP contribution in [0, 0.1) is 6.92 Å². The maximum atomic E-state index is 5.62. The number of aromatic nitrogens is 3. The Kier molecular flexibility index (Phi) is 3.45. The van der Waals surface area contributed by atoms with Crippen molar-refractivity contribution in [2.75, 3.05) is 5.73 Å². The molecule has 7 heteroatoms. The molecule has 0 aliphatic rings. The van der Waals surface area contributed by atoms with Gasteiger partial charge in [-0.3, -0.25) is 0 Å². The highest BCUT2D eigenvalue weighted by molar-refractivity contribution is 8.00. The number of aryl methyl sites for hydroxylation is 2. The second-order valence-corrected chi connectivity index (χ2v) is 5.45. The number of rotatable bonds is 4. The van der Waals surface area contributed by atoms with Gasteiger partial charge in [-0.1, -0.05) is 23.4 Å². The minimum Gasteiger partial charge on any atom is -0.375 e. The average molecular weight is 256 g/mol. The molecule has 0 saturated heterocycles. The van der Waals surface area contributed by atoms with Gasteiger partial charge in [-0.25, -0.2) is 4.98 Å². The molecule has 2 aromatic heterocycles. The lowest BCUT2D eigenvalue weighted by molar-refractivity contribution is 0.385. The van der Waals surface area contributed by atoms with Crippen molar-refractivity contribution < 1.29 is 4.52 Å². The van der Waals surface area contributed by atoms with Gasteiger partial charge in [0.25, 0.3) is 0 Å². The van der Waals surface area contributed by atoms with Crippen LogP contribution in [-0.4, -0.2) is 15.1 Å². The van der Waals surface area contributed by atoms with Crippen LogP contribution >= 0.6 is 23.1 Å². The molecule has 0 aliphatic carbocycles. The Balaban J connectivity index is 1.99. The first kappa shape index (κ1) is 11.4. The summed E-state index contributed by atoms with van der Waals surface area (Å²) in [7, 11) is 0. The quantitative estimate of drug-likeness (QED) is 0.845. The molecule has 2 heterocycles. The number of thioether (sulfide) groups is 1. The van der Waals surface area contributed by atoms with E-state index in [2.05, 4.69) is 15.1 Å². The molecule has 0 fully saturated rings. The van der Waals surface area contributed by atoms with Crippen molar-refractivity contribution in [3.63, 3.8) is 0 Å². The third-order valence-corrected chi connectivity index (χ3v) is 4.26. The number of anilines is 1. The zero-order chi connectivity index (χ0) is 11.5. The first-order chi connectivity index (χ1) is 7.69. The molecule has 16 heavy (non-hydrogen) atoms. The van der Waals surface area contributed by atoms with Gasteiger partial charge in [-0.15, -0.1) is 11.8 Å². The SMILES string of the molecule is CCc1noc(CSc2sc(N)nc2C)n1. The van der Waals surface area contributed by atoms with Crippen LogP contribution in [0.1, 0.15) is 24.3 Å². The molecule has 0 radical (unpaired) electrons. The molecule has 0 spiro atoms. The van der Waals surface area contributed by atoms with E-state index < -0.39 is 0 Å². The number of nitrogens with two attached hydrogens (primary N) is 1. The van der Waals surface area contributed by atoms with E-state index in [1.165, 1.54) is 11.3 Å². The summed E-state index contributed by atoms with van der Waals surface area (Å²) in [5, 5.41) is 4.44. The van der Waals surface area contributed by atoms with Crippen molar-refractivity contribution in [3.8, 4) is 0 Å². The highest BCUT2D eigenvalue weighted by Crippen LogP contribution is 2.32. The minimum absolute atomic E-state index is 0.597. The monoisotopic (exact) mass is 256 g/mol. The van der Waals surface area contributed by atoms with Gasteiger partial charge in [0.05, 0.1) is 15.7 Å². The van der Waals surface area contributed by atoms with Gasteiger partial charge in [-0.2, -0.15) is 4.98 Å². The van der Waals surface area contributed by atoms with Crippen LogP contribution in [0.4, 0.5) is 5.13 Å². The third-order valence-electron chi connectivity index (χ3n) is 1.92. The topological polar surface area (TPSA) is 77.8 Å². The van der Waals surface area contributed by atoms with Crippen molar-refractivity contribution in [2.45, 2.75) is 30.2 Å². The van der Waals surface area contributed by atoms with Gasteiger partial charge in [0, 0.05) is 6.42 Å². The first-order valence-electron chi connectivity index (χ1n) is 4.86. The van der Waals surface area contributed by atoms with E-state index in [0.717, 1.165) is 22.1 Å². The Bertz CT molecular complexity index is 480. The number of thiazole rings is 1. The maximum Gasteiger partial charge on any atom is 0.237 e. The molecule has 0 bridgehead atoms. The van der Waals surface area contributed by atoms with Crippen molar-refractivity contribution in [3.05, 3.63) is 17.4 Å². The zero-order valence-corrected chi connectivity index (χ0v) is 10.7. The lowest BCUT2D eigenvalue weighted by Gasteiger charge is -1.93. The van der Waals surface area contributed by atoms with Crippen LogP contribution in [-0.2, 0) is 12.2 Å². The Morgan fingerprint density at radius 3 is 2.81 bits per heavy atom. The average Bonchev–Trinajstić information content (AvgIpc) is 2.82. The van der Waals surface area contributed by atoms with Crippen LogP contribution < -0.4 is 5.73 Å². The second-order valence-electron chi connectivity index (χ2n) is 3.17. The normalized spacial score (nSPS) is 10.9. The number of hydrogen-bond donors (Lipinski definition) is 1. The third kappa shape index (κ3) is 2.53. The van der Waals surface area contributed by atoms with E-state index in [1.54, 1.807) is 11.8 Å². The lowest BCUT2D eigenvalue weighted by atomic mass is 10.5. The number of nitrogens with zero attached hydrogens (tertiary/aromatic N) is 3. The molecule has 2 aromatic rings. The summed E-state index contributed by atoms with van der Waals surface area (Å²) in [5.41, 5.74) is 6.58. The minimum atomic E-state index is 0.597. The molecule has 5 nitrogen and oxygen atoms in total. The maximum absolute atomic E-state index is 5.62. The summed E-state index contributed by atoms with van der Waals surface area (Å²) in [6, 6.07) is 0. The zero-order valence-electron chi connectivity index (χ0n) is 9.06. The fourth-order valence-electron chi connectivity index (χ4n) is 1.16. The van der Waals surface area contributed by atoms with Crippen LogP contribution in [0.15, 0.2) is 8.73 Å². The van der Waals surface area contributed by atoms with Crippen molar-refractivity contribution in [1.82, 2.24) is 15.1 Å². The second kappa shape index (κ2) is 4.84. The predicted molar refractivity (Wildman–Crippen MR) is 64.5 cm³/mol. The lowest BCUT2D eigenvalue weighted by Crippen LogP contribution is -1.84. The summed E-state index contributed by atoms with van der Waals surface area (Å²) in [4.78, 5) is 8.39. The molecule has 0 unspecified atom stereocenters. The number of nitrogen functional groups attached to an aromatic ring is 1. The van der Waals surface area contributed by atoms with Gasteiger partial charge >= 0.3 is 0 Å². The Morgan fingerprint density at radius 1 is 1.44 bits per heavy atom. The van der Waals surface area contributed by atoms with Gasteiger partial charge in [0.2, 0.25) is 5.89 Å². The van der Waals surface area contributed by atoms with Gasteiger partial charge < -0.3 is 10.3 Å². The summed E-state index contributed by atoms with van der Waals surface area (Å²) in [6.45, 7) is 3.94. The molecule has 86 valence electrons. The number of hydrogen-bond acceptors (Lipinski definition) is 7. The van der Waals surface area contributed by atoms with Crippen molar-refractivity contribution in [1.29, 1.82) is 0 Å². The standard InChI is InChI=1S/C9H12N4OS2/c1-3-6-12-7(14-13-6)4-15-8-5(2)11-9(10)16-8/h3-4H2,1-2H3,(H2,10,11). The van der Waals surface area contributed by atoms with E-state index in [0.29, 0.717) is 16.8 Å². The summed E-state index contributed by atoms with van der Waals surface area (Å²) in [5.74, 6) is 2.06. The molecule has 2 N–H and O–H groups in total. The summed E-state index contributed by atoms with van der Waals surface area (Å²) >= 11 is 3.11. The Hall–Kier alpha value is -1.08. The van der Waals surface area contributed by atoms with Crippen LogP contribution in [0.5, 0.6) is 0 Å². The van der Waals surface area contributed by atoms with Crippen molar-refractivity contribution in [2.24, 2.45) is 0 Å². The van der Waals surface area contributed by atoms with E-state index in [1.807, 2.05) is 13.8 Å². The molecule has 0 aromatic carbocycles. The first-order valence-corrected chi connectivity index (χ1v) is 6.66. The molecule has 2 rings (SSSR count). The molecule has 0 saturated carbocycles. The fourth-order valence-corrected chi connectivity index (χ4v) is 3.02. The molecule has 0 aliphatic heterocycles. The summed E-state index contributed by atoms with van der Waals surface area (Å²) in [6.07, 6.45) is 0.792. The summed E-state index contributed by atoms with van der Waals surface area (Å²) < 4.78 is 6.20. The Morgan fingerprint density at radius 2 is 2.25 bits per heavy atom. The fraction of sp³-hybridized carbons (Fsp3) is 0.444. The molecule has 0 amide bonds. The van der Waals surface area contributed by atoms with Crippen LogP contribution in [0.3, 0.4) is 0 Å². The smallest absolute Gasteiger partial charge is 0.237 e. The van der Waals surface area contributed by atoms with E-state index in [4.69, 9.17) is 10.3 Å². The van der Waals surface area contributed by atoms with Crippen LogP contribution in [0.2, 0.25) is 0 Å². The molecular weight excluding hydrogens is 244 g/mol. The van der Waals surface area contributed by atoms with E-state index in [9.17, 15) is 0 Å². The largest absolute Gasteiger partial charge is 0.375 e. The van der Waals surface area contributed by atoms with Gasteiger partial charge in [0.1, 0.15) is 0 Å². The van der Waals surface area contributed by atoms with E-state index in [-0.39, 0.29) is 0 Å². The Labute approximate surface area is 101 Å². The van der Waals surface area contributed by atoms with Gasteiger partial charge in [0.15, 0.2) is 11.0 Å². The highest BCUT2D eigenvalue weighted by atomic mass is 32.2. The highest BCUT2D eigenvalue weighted by Gasteiger charge is 2.09. The molecule has 0 atom stereocenters.